The predicted molar refractivity (Wildman–Crippen MR) is 129 cm³/mol. The minimum absolute atomic E-state index is 0.00412. The first-order valence-electron chi connectivity index (χ1n) is 10.4. The molecule has 36 heavy (non-hydrogen) atoms. The zero-order valence-electron chi connectivity index (χ0n) is 20.5. The molecule has 4 heterocycles. The molecule has 14 nitrogen and oxygen atoms in total. The van der Waals surface area contributed by atoms with E-state index in [2.05, 4.69) is 20.2 Å². The molecule has 0 saturated carbocycles. The van der Waals surface area contributed by atoms with E-state index in [1.54, 1.807) is 55.9 Å². The van der Waals surface area contributed by atoms with Gasteiger partial charge in [-0.2, -0.15) is 10.2 Å². The second-order valence-electron chi connectivity index (χ2n) is 7.68. The molecule has 0 radical (unpaired) electrons. The van der Waals surface area contributed by atoms with E-state index in [0.717, 1.165) is 5.56 Å². The Balaban J connectivity index is 0.000000201. The van der Waals surface area contributed by atoms with Crippen LogP contribution in [-0.2, 0) is 14.1 Å². The SMILES string of the molecule is COc1nc(-c2cnn(C)c2)c(C)cc1[N+](=O)[O-].COc1nc(-c2cnn(C)c2)c([N+](=O)[O-])cc1C. The van der Waals surface area contributed by atoms with Crippen LogP contribution < -0.4 is 9.47 Å². The van der Waals surface area contributed by atoms with Crippen molar-refractivity contribution >= 4 is 11.4 Å². The van der Waals surface area contributed by atoms with Crippen molar-refractivity contribution in [3.63, 3.8) is 0 Å². The van der Waals surface area contributed by atoms with Gasteiger partial charge in [0.2, 0.25) is 5.88 Å². The number of ether oxygens (including phenoxy) is 2. The minimum atomic E-state index is -0.508. The van der Waals surface area contributed by atoms with Crippen molar-refractivity contribution in [2.45, 2.75) is 13.8 Å². The van der Waals surface area contributed by atoms with Crippen LogP contribution in [0.15, 0.2) is 36.9 Å². The zero-order valence-corrected chi connectivity index (χ0v) is 20.5. The molecule has 0 amide bonds. The lowest BCUT2D eigenvalue weighted by atomic mass is 10.1. The highest BCUT2D eigenvalue weighted by Crippen LogP contribution is 2.32. The fraction of sp³-hybridized carbons (Fsp3) is 0.273. The molecule has 0 aliphatic rings. The minimum Gasteiger partial charge on any atom is -0.481 e. The van der Waals surface area contributed by atoms with Gasteiger partial charge in [-0.25, -0.2) is 9.97 Å². The summed E-state index contributed by atoms with van der Waals surface area (Å²) in [7, 11) is 6.37. The van der Waals surface area contributed by atoms with Gasteiger partial charge in [-0.05, 0) is 19.4 Å². The second-order valence-corrected chi connectivity index (χ2v) is 7.68. The third-order valence-corrected chi connectivity index (χ3v) is 5.04. The molecule has 0 N–H and O–H groups in total. The van der Waals surface area contributed by atoms with E-state index in [9.17, 15) is 20.2 Å². The van der Waals surface area contributed by atoms with Crippen molar-refractivity contribution in [2.75, 3.05) is 14.2 Å². The Morgan fingerprint density at radius 3 is 1.67 bits per heavy atom. The molecule has 0 fully saturated rings. The molecular weight excluding hydrogens is 472 g/mol. The summed E-state index contributed by atoms with van der Waals surface area (Å²) in [5.74, 6) is 0.379. The molecule has 0 spiro atoms. The summed E-state index contributed by atoms with van der Waals surface area (Å²) in [6.07, 6.45) is 6.65. The number of hydrogen-bond acceptors (Lipinski definition) is 10. The standard InChI is InChI=1S/2C11H12N4O3/c1-7-4-9(15(16)17)10(13-11(7)18-3)8-5-12-14(2)6-8;1-7-4-9(15(16)17)11(18-3)13-10(7)8-5-12-14(2)6-8/h2*4-6H,1-3H3. The topological polar surface area (TPSA) is 166 Å². The second kappa shape index (κ2) is 10.6. The molecule has 14 heteroatoms. The lowest BCUT2D eigenvalue weighted by molar-refractivity contribution is -0.386. The molecule has 0 bridgehead atoms. The van der Waals surface area contributed by atoms with Crippen LogP contribution in [0.1, 0.15) is 11.1 Å². The Labute approximate surface area is 205 Å². The molecule has 0 aliphatic heterocycles. The molecule has 188 valence electrons. The van der Waals surface area contributed by atoms with Crippen LogP contribution in [0.3, 0.4) is 0 Å². The Bertz CT molecular complexity index is 1430. The largest absolute Gasteiger partial charge is 0.481 e. The third kappa shape index (κ3) is 5.43. The first kappa shape index (κ1) is 25.7. The molecule has 4 aromatic rings. The van der Waals surface area contributed by atoms with Gasteiger partial charge >= 0.3 is 5.69 Å². The summed E-state index contributed by atoms with van der Waals surface area (Å²) in [4.78, 5) is 29.3. The van der Waals surface area contributed by atoms with Crippen molar-refractivity contribution in [3.8, 4) is 34.3 Å². The van der Waals surface area contributed by atoms with Gasteiger partial charge < -0.3 is 9.47 Å². The average Bonchev–Trinajstić information content (AvgIpc) is 3.47. The van der Waals surface area contributed by atoms with E-state index in [0.29, 0.717) is 28.3 Å². The van der Waals surface area contributed by atoms with Gasteiger partial charge in [0.05, 0.1) is 42.2 Å². The van der Waals surface area contributed by atoms with E-state index < -0.39 is 9.85 Å². The van der Waals surface area contributed by atoms with E-state index in [-0.39, 0.29) is 22.9 Å². The maximum atomic E-state index is 11.1. The number of methoxy groups -OCH3 is 2. The number of pyridine rings is 2. The summed E-state index contributed by atoms with van der Waals surface area (Å²) < 4.78 is 13.2. The number of nitro groups is 2. The van der Waals surface area contributed by atoms with Crippen LogP contribution in [0, 0.1) is 34.1 Å². The smallest absolute Gasteiger partial charge is 0.331 e. The molecule has 0 unspecified atom stereocenters. The van der Waals surface area contributed by atoms with Gasteiger partial charge in [-0.3, -0.25) is 29.6 Å². The van der Waals surface area contributed by atoms with Crippen molar-refractivity contribution < 1.29 is 19.3 Å². The predicted octanol–water partition coefficient (Wildman–Crippen LogP) is 3.41. The number of hydrogen-bond donors (Lipinski definition) is 0. The highest BCUT2D eigenvalue weighted by molar-refractivity contribution is 5.70. The van der Waals surface area contributed by atoms with Gasteiger partial charge in [0, 0.05) is 55.3 Å². The summed E-state index contributed by atoms with van der Waals surface area (Å²) in [6, 6.07) is 2.91. The van der Waals surface area contributed by atoms with Crippen LogP contribution >= 0.6 is 0 Å². The zero-order chi connectivity index (χ0) is 26.6. The highest BCUT2D eigenvalue weighted by atomic mass is 16.6. The molecule has 4 aromatic heterocycles. The Morgan fingerprint density at radius 1 is 0.750 bits per heavy atom. The maximum absolute atomic E-state index is 11.1. The van der Waals surface area contributed by atoms with Gasteiger partial charge in [0.1, 0.15) is 0 Å². The van der Waals surface area contributed by atoms with Gasteiger partial charge in [0.15, 0.2) is 5.69 Å². The fourth-order valence-corrected chi connectivity index (χ4v) is 3.38. The van der Waals surface area contributed by atoms with Gasteiger partial charge in [-0.1, -0.05) is 0 Å². The molecule has 4 rings (SSSR count). The van der Waals surface area contributed by atoms with Gasteiger partial charge in [0.25, 0.3) is 11.6 Å². The number of aromatic nitrogens is 6. The number of nitrogens with zero attached hydrogens (tertiary/aromatic N) is 8. The van der Waals surface area contributed by atoms with E-state index in [1.165, 1.54) is 32.5 Å². The summed E-state index contributed by atoms with van der Waals surface area (Å²) in [6.45, 7) is 3.48. The summed E-state index contributed by atoms with van der Waals surface area (Å²) in [5.41, 5.74) is 3.41. The summed E-state index contributed by atoms with van der Waals surface area (Å²) in [5, 5.41) is 29.9. The third-order valence-electron chi connectivity index (χ3n) is 5.04. The average molecular weight is 496 g/mol. The number of aryl methyl sites for hydroxylation is 4. The van der Waals surface area contributed by atoms with Crippen LogP contribution in [-0.4, -0.2) is 53.6 Å². The van der Waals surface area contributed by atoms with Crippen LogP contribution in [0.4, 0.5) is 11.4 Å². The van der Waals surface area contributed by atoms with E-state index >= 15 is 0 Å². The van der Waals surface area contributed by atoms with Crippen molar-refractivity contribution in [1.82, 2.24) is 29.5 Å². The fourth-order valence-electron chi connectivity index (χ4n) is 3.38. The Hall–Kier alpha value is -4.88. The van der Waals surface area contributed by atoms with Crippen LogP contribution in [0.2, 0.25) is 0 Å². The molecule has 0 aliphatic carbocycles. The van der Waals surface area contributed by atoms with Crippen molar-refractivity contribution in [2.24, 2.45) is 14.1 Å². The van der Waals surface area contributed by atoms with Crippen LogP contribution in [0.25, 0.3) is 22.5 Å². The first-order valence-corrected chi connectivity index (χ1v) is 10.4. The lowest BCUT2D eigenvalue weighted by Gasteiger charge is -2.06. The highest BCUT2D eigenvalue weighted by Gasteiger charge is 2.22. The maximum Gasteiger partial charge on any atom is 0.331 e. The monoisotopic (exact) mass is 496 g/mol. The summed E-state index contributed by atoms with van der Waals surface area (Å²) >= 11 is 0. The Kier molecular flexibility index (Phi) is 7.57. The Morgan fingerprint density at radius 2 is 1.22 bits per heavy atom. The molecular formula is C22H24N8O6. The van der Waals surface area contributed by atoms with Crippen LogP contribution in [0.5, 0.6) is 11.8 Å². The quantitative estimate of drug-likeness (QED) is 0.285. The van der Waals surface area contributed by atoms with E-state index in [1.807, 2.05) is 0 Å². The molecule has 0 atom stereocenters. The lowest BCUT2D eigenvalue weighted by Crippen LogP contribution is -1.99. The molecule has 0 aromatic carbocycles. The first-order chi connectivity index (χ1) is 17.0. The normalized spacial score (nSPS) is 10.4. The molecule has 0 saturated heterocycles. The van der Waals surface area contributed by atoms with Gasteiger partial charge in [-0.15, -0.1) is 0 Å². The number of rotatable bonds is 6. The van der Waals surface area contributed by atoms with Crippen molar-refractivity contribution in [3.05, 3.63) is 68.3 Å². The van der Waals surface area contributed by atoms with E-state index in [4.69, 9.17) is 9.47 Å². The van der Waals surface area contributed by atoms with Crippen molar-refractivity contribution in [1.29, 1.82) is 0 Å².